The van der Waals surface area contributed by atoms with Crippen LogP contribution >= 0.6 is 35.6 Å². The Morgan fingerprint density at radius 1 is 0.971 bits per heavy atom. The third-order valence-electron chi connectivity index (χ3n) is 6.49. The van der Waals surface area contributed by atoms with Gasteiger partial charge in [-0.15, -0.1) is 12.4 Å². The Morgan fingerprint density at radius 2 is 1.69 bits per heavy atom. The summed E-state index contributed by atoms with van der Waals surface area (Å²) in [5.74, 6) is -0.00567. The Bertz CT molecular complexity index is 1120. The normalized spacial score (nSPS) is 14.0. The zero-order chi connectivity index (χ0) is 24.1. The molecule has 0 atom stereocenters. The maximum atomic E-state index is 13.0. The number of halogens is 3. The van der Waals surface area contributed by atoms with Crippen LogP contribution in [-0.2, 0) is 6.54 Å². The van der Waals surface area contributed by atoms with Gasteiger partial charge in [0.25, 0.3) is 5.91 Å². The number of rotatable bonds is 8. The van der Waals surface area contributed by atoms with Crippen molar-refractivity contribution in [3.8, 4) is 11.3 Å². The number of nitrogens with one attached hydrogen (secondary N) is 1. The molecule has 1 N–H and O–H groups in total. The van der Waals surface area contributed by atoms with Gasteiger partial charge < -0.3 is 14.8 Å². The summed E-state index contributed by atoms with van der Waals surface area (Å²) in [6, 6.07) is 18.1. The molecule has 0 aliphatic carbocycles. The van der Waals surface area contributed by atoms with Crippen LogP contribution in [0.25, 0.3) is 11.3 Å². The van der Waals surface area contributed by atoms with Crippen molar-refractivity contribution in [2.24, 2.45) is 0 Å². The first-order valence-corrected chi connectivity index (χ1v) is 12.7. The van der Waals surface area contributed by atoms with Crippen molar-refractivity contribution in [1.29, 1.82) is 0 Å². The minimum atomic E-state index is -0.00567. The standard InChI is InChI=1S/C27H32Cl2N4O.ClH/c1-3-13-33-20(2)22(19-25(33)21-8-5-4-6-9-21)27(34)30-12-14-31-15-17-32(18-16-31)24-11-7-10-23(28)26(24)29;/h4-11,19H,3,12-18H2,1-2H3,(H,30,34);1H. The molecule has 3 aromatic rings. The lowest BCUT2D eigenvalue weighted by molar-refractivity contribution is 0.0947. The first-order valence-electron chi connectivity index (χ1n) is 11.9. The highest BCUT2D eigenvalue weighted by Crippen LogP contribution is 2.33. The van der Waals surface area contributed by atoms with E-state index in [9.17, 15) is 4.79 Å². The summed E-state index contributed by atoms with van der Waals surface area (Å²) in [4.78, 5) is 17.7. The number of carbonyl (C=O) groups is 1. The highest BCUT2D eigenvalue weighted by molar-refractivity contribution is 6.43. The number of anilines is 1. The van der Waals surface area contributed by atoms with Crippen LogP contribution in [0.3, 0.4) is 0 Å². The van der Waals surface area contributed by atoms with Crippen LogP contribution in [0.2, 0.25) is 10.0 Å². The molecule has 1 aliphatic rings. The van der Waals surface area contributed by atoms with Crippen LogP contribution in [0.4, 0.5) is 5.69 Å². The van der Waals surface area contributed by atoms with Crippen LogP contribution in [-0.4, -0.2) is 54.6 Å². The van der Waals surface area contributed by atoms with E-state index in [1.165, 1.54) is 0 Å². The lowest BCUT2D eigenvalue weighted by atomic mass is 10.1. The maximum absolute atomic E-state index is 13.0. The zero-order valence-electron chi connectivity index (χ0n) is 20.3. The summed E-state index contributed by atoms with van der Waals surface area (Å²) >= 11 is 12.6. The van der Waals surface area contributed by atoms with Crippen molar-refractivity contribution < 1.29 is 4.79 Å². The van der Waals surface area contributed by atoms with Crippen molar-refractivity contribution in [2.75, 3.05) is 44.2 Å². The lowest BCUT2D eigenvalue weighted by Crippen LogP contribution is -2.48. The molecule has 35 heavy (non-hydrogen) atoms. The minimum absolute atomic E-state index is 0. The van der Waals surface area contributed by atoms with E-state index in [1.807, 2.05) is 49.4 Å². The molecule has 5 nitrogen and oxygen atoms in total. The molecule has 4 rings (SSSR count). The molecule has 0 spiro atoms. The molecule has 0 unspecified atom stereocenters. The molecular weight excluding hydrogens is 503 g/mol. The Kier molecular flexibility index (Phi) is 9.93. The fourth-order valence-electron chi connectivity index (χ4n) is 4.61. The van der Waals surface area contributed by atoms with Crippen LogP contribution in [0, 0.1) is 6.92 Å². The zero-order valence-corrected chi connectivity index (χ0v) is 22.6. The van der Waals surface area contributed by atoms with Crippen molar-refractivity contribution in [3.05, 3.63) is 75.9 Å². The summed E-state index contributed by atoms with van der Waals surface area (Å²) in [7, 11) is 0. The van der Waals surface area contributed by atoms with Crippen LogP contribution < -0.4 is 10.2 Å². The van der Waals surface area contributed by atoms with Gasteiger partial charge in [-0.1, -0.05) is 66.5 Å². The highest BCUT2D eigenvalue weighted by Gasteiger charge is 2.21. The van der Waals surface area contributed by atoms with E-state index < -0.39 is 0 Å². The fraction of sp³-hybridized carbons (Fsp3) is 0.370. The molecule has 1 fully saturated rings. The van der Waals surface area contributed by atoms with Crippen LogP contribution in [0.1, 0.15) is 29.4 Å². The predicted molar refractivity (Wildman–Crippen MR) is 150 cm³/mol. The number of hydrogen-bond donors (Lipinski definition) is 1. The second-order valence-electron chi connectivity index (χ2n) is 8.70. The van der Waals surface area contributed by atoms with Crippen molar-refractivity contribution in [3.63, 3.8) is 0 Å². The molecule has 2 aromatic carbocycles. The monoisotopic (exact) mass is 534 g/mol. The molecule has 1 aromatic heterocycles. The molecule has 8 heteroatoms. The quantitative estimate of drug-likeness (QED) is 0.376. The SMILES string of the molecule is CCCn1c(-c2ccccc2)cc(C(=O)NCCN2CCN(c3cccc(Cl)c3Cl)CC2)c1C.Cl. The molecule has 1 saturated heterocycles. The summed E-state index contributed by atoms with van der Waals surface area (Å²) < 4.78 is 2.25. The molecule has 188 valence electrons. The van der Waals surface area contributed by atoms with Gasteiger partial charge in [-0.2, -0.15) is 0 Å². The van der Waals surface area contributed by atoms with E-state index in [0.29, 0.717) is 16.6 Å². The average molecular weight is 536 g/mol. The van der Waals surface area contributed by atoms with Gasteiger partial charge in [-0.25, -0.2) is 0 Å². The molecule has 0 bridgehead atoms. The first-order chi connectivity index (χ1) is 16.5. The number of nitrogens with zero attached hydrogens (tertiary/aromatic N) is 3. The van der Waals surface area contributed by atoms with E-state index in [-0.39, 0.29) is 18.3 Å². The second-order valence-corrected chi connectivity index (χ2v) is 9.49. The predicted octanol–water partition coefficient (Wildman–Crippen LogP) is 6.15. The number of piperazine rings is 1. The summed E-state index contributed by atoms with van der Waals surface area (Å²) in [5, 5.41) is 4.34. The number of hydrogen-bond acceptors (Lipinski definition) is 3. The third kappa shape index (κ3) is 6.34. The largest absolute Gasteiger partial charge is 0.368 e. The van der Waals surface area contributed by atoms with Gasteiger partial charge in [0.05, 0.1) is 21.3 Å². The third-order valence-corrected chi connectivity index (χ3v) is 7.29. The number of amides is 1. The van der Waals surface area contributed by atoms with Gasteiger partial charge in [-0.3, -0.25) is 9.69 Å². The molecule has 0 radical (unpaired) electrons. The van der Waals surface area contributed by atoms with E-state index in [2.05, 4.69) is 38.7 Å². The molecule has 0 saturated carbocycles. The van der Waals surface area contributed by atoms with Crippen molar-refractivity contribution in [1.82, 2.24) is 14.8 Å². The van der Waals surface area contributed by atoms with E-state index in [4.69, 9.17) is 23.2 Å². The Morgan fingerprint density at radius 3 is 2.37 bits per heavy atom. The minimum Gasteiger partial charge on any atom is -0.368 e. The number of aromatic nitrogens is 1. The van der Waals surface area contributed by atoms with E-state index in [1.54, 1.807) is 0 Å². The van der Waals surface area contributed by atoms with Gasteiger partial charge in [0.2, 0.25) is 0 Å². The average Bonchev–Trinajstić information content (AvgIpc) is 3.18. The van der Waals surface area contributed by atoms with Crippen LogP contribution in [0.15, 0.2) is 54.6 Å². The van der Waals surface area contributed by atoms with E-state index in [0.717, 1.165) is 73.9 Å². The first kappa shape index (κ1) is 27.4. The molecule has 1 amide bonds. The second kappa shape index (κ2) is 12.7. The van der Waals surface area contributed by atoms with Gasteiger partial charge in [0.1, 0.15) is 0 Å². The molecule has 1 aliphatic heterocycles. The van der Waals surface area contributed by atoms with Crippen molar-refractivity contribution in [2.45, 2.75) is 26.8 Å². The topological polar surface area (TPSA) is 40.5 Å². The number of benzene rings is 2. The summed E-state index contributed by atoms with van der Waals surface area (Å²) in [6.07, 6.45) is 1.02. The molecular formula is C27H33Cl3N4O. The fourth-order valence-corrected chi connectivity index (χ4v) is 5.02. The van der Waals surface area contributed by atoms with Gasteiger partial charge in [-0.05, 0) is 37.1 Å². The smallest absolute Gasteiger partial charge is 0.253 e. The Balaban J connectivity index is 0.00000342. The lowest BCUT2D eigenvalue weighted by Gasteiger charge is -2.36. The number of carbonyl (C=O) groups excluding carboxylic acids is 1. The van der Waals surface area contributed by atoms with Crippen LogP contribution in [0.5, 0.6) is 0 Å². The van der Waals surface area contributed by atoms with Gasteiger partial charge in [0.15, 0.2) is 0 Å². The van der Waals surface area contributed by atoms with Gasteiger partial charge >= 0.3 is 0 Å². The summed E-state index contributed by atoms with van der Waals surface area (Å²) in [6.45, 7) is 10.1. The van der Waals surface area contributed by atoms with Crippen molar-refractivity contribution >= 4 is 47.2 Å². The Hall–Kier alpha value is -2.18. The highest BCUT2D eigenvalue weighted by atomic mass is 35.5. The molecule has 2 heterocycles. The van der Waals surface area contributed by atoms with E-state index >= 15 is 0 Å². The summed E-state index contributed by atoms with van der Waals surface area (Å²) in [5.41, 5.74) is 5.00. The maximum Gasteiger partial charge on any atom is 0.253 e. The Labute approximate surface area is 224 Å². The van der Waals surface area contributed by atoms with Gasteiger partial charge in [0, 0.05) is 57.2 Å².